The highest BCUT2D eigenvalue weighted by Gasteiger charge is 2.11. The van der Waals surface area contributed by atoms with Crippen molar-refractivity contribution < 1.29 is 0 Å². The van der Waals surface area contributed by atoms with Crippen molar-refractivity contribution in [2.24, 2.45) is 5.73 Å². The van der Waals surface area contributed by atoms with Crippen molar-refractivity contribution in [1.82, 2.24) is 9.78 Å². The third-order valence-electron chi connectivity index (χ3n) is 3.32. The highest BCUT2D eigenvalue weighted by atomic mass is 35.5. The summed E-state index contributed by atoms with van der Waals surface area (Å²) in [5, 5.41) is 5.21. The summed E-state index contributed by atoms with van der Waals surface area (Å²) in [4.78, 5) is 0. The van der Waals surface area contributed by atoms with E-state index < -0.39 is 0 Å². The van der Waals surface area contributed by atoms with Gasteiger partial charge in [0.2, 0.25) is 0 Å². The number of nitrogens with two attached hydrogens (primary N) is 1. The molecule has 0 amide bonds. The molecule has 0 fully saturated rings. The van der Waals surface area contributed by atoms with Gasteiger partial charge in [-0.05, 0) is 57.4 Å². The number of nitrogens with zero attached hydrogens (tertiary/aromatic N) is 2. The number of rotatable bonds is 3. The molecule has 19 heavy (non-hydrogen) atoms. The maximum absolute atomic E-state index is 6.19. The van der Waals surface area contributed by atoms with Crippen LogP contribution in [0.5, 0.6) is 0 Å². The van der Waals surface area contributed by atoms with Crippen molar-refractivity contribution in [3.63, 3.8) is 0 Å². The molecule has 0 saturated heterocycles. The van der Waals surface area contributed by atoms with E-state index in [4.69, 9.17) is 17.3 Å². The molecule has 0 radical (unpaired) electrons. The molecular weight excluding hydrogens is 258 g/mol. The Hall–Kier alpha value is -1.32. The lowest BCUT2D eigenvalue weighted by atomic mass is 10.0. The van der Waals surface area contributed by atoms with Gasteiger partial charge in [0.25, 0.3) is 0 Å². The Balaban J connectivity index is 2.41. The van der Waals surface area contributed by atoms with Crippen LogP contribution in [0.25, 0.3) is 5.69 Å². The third kappa shape index (κ3) is 2.82. The fraction of sp³-hybridized carbons (Fsp3) is 0.400. The Morgan fingerprint density at radius 2 is 2.00 bits per heavy atom. The summed E-state index contributed by atoms with van der Waals surface area (Å²) in [7, 11) is 0. The average molecular weight is 278 g/mol. The Morgan fingerprint density at radius 3 is 2.47 bits per heavy atom. The molecule has 1 atom stereocenters. The van der Waals surface area contributed by atoms with Crippen LogP contribution in [0.2, 0.25) is 5.02 Å². The molecule has 0 aliphatic carbocycles. The predicted octanol–water partition coefficient (Wildman–Crippen LogP) is 3.34. The van der Waals surface area contributed by atoms with Crippen molar-refractivity contribution >= 4 is 11.6 Å². The number of halogens is 1. The lowest BCUT2D eigenvalue weighted by Crippen LogP contribution is -2.18. The Labute approximate surface area is 119 Å². The molecule has 102 valence electrons. The molecule has 3 nitrogen and oxygen atoms in total. The summed E-state index contributed by atoms with van der Waals surface area (Å²) >= 11 is 6.19. The second-order valence-electron chi connectivity index (χ2n) is 5.19. The van der Waals surface area contributed by atoms with E-state index in [9.17, 15) is 0 Å². The van der Waals surface area contributed by atoms with Gasteiger partial charge in [-0.1, -0.05) is 17.7 Å². The first-order valence-corrected chi connectivity index (χ1v) is 6.85. The van der Waals surface area contributed by atoms with Crippen LogP contribution in [-0.2, 0) is 6.42 Å². The number of aryl methyl sites for hydroxylation is 2. The van der Waals surface area contributed by atoms with Gasteiger partial charge in [0.1, 0.15) is 0 Å². The average Bonchev–Trinajstić information content (AvgIpc) is 2.59. The zero-order valence-corrected chi connectivity index (χ0v) is 12.6. The van der Waals surface area contributed by atoms with E-state index >= 15 is 0 Å². The molecule has 0 spiro atoms. The standard InChI is InChI=1S/C15H20ClN3/c1-9-7-14(6-5-13(9)8-10(2)17)19-12(4)15(16)11(3)18-19/h5-7,10H,8,17H2,1-4H3. The smallest absolute Gasteiger partial charge is 0.0848 e. The number of hydrogen-bond donors (Lipinski definition) is 1. The van der Waals surface area contributed by atoms with Crippen LogP contribution < -0.4 is 5.73 Å². The minimum absolute atomic E-state index is 0.174. The predicted molar refractivity (Wildman–Crippen MR) is 80.1 cm³/mol. The van der Waals surface area contributed by atoms with Gasteiger partial charge >= 0.3 is 0 Å². The van der Waals surface area contributed by atoms with E-state index in [1.807, 2.05) is 25.5 Å². The molecule has 2 rings (SSSR count). The molecular formula is C15H20ClN3. The van der Waals surface area contributed by atoms with Gasteiger partial charge in [0, 0.05) is 6.04 Å². The van der Waals surface area contributed by atoms with E-state index in [-0.39, 0.29) is 6.04 Å². The molecule has 1 unspecified atom stereocenters. The summed E-state index contributed by atoms with van der Waals surface area (Å²) in [6.07, 6.45) is 0.893. The van der Waals surface area contributed by atoms with Crippen LogP contribution in [0.4, 0.5) is 0 Å². The fourth-order valence-electron chi connectivity index (χ4n) is 2.26. The Bertz CT molecular complexity index is 600. The van der Waals surface area contributed by atoms with E-state index in [1.54, 1.807) is 0 Å². The maximum atomic E-state index is 6.19. The first kappa shape index (κ1) is 14.1. The molecule has 4 heteroatoms. The van der Waals surface area contributed by atoms with Crippen LogP contribution in [0.3, 0.4) is 0 Å². The highest BCUT2D eigenvalue weighted by Crippen LogP contribution is 2.23. The lowest BCUT2D eigenvalue weighted by Gasteiger charge is -2.11. The van der Waals surface area contributed by atoms with Crippen LogP contribution in [0.15, 0.2) is 18.2 Å². The minimum atomic E-state index is 0.174. The van der Waals surface area contributed by atoms with Crippen molar-refractivity contribution in [2.45, 2.75) is 40.2 Å². The van der Waals surface area contributed by atoms with Gasteiger partial charge in [-0.2, -0.15) is 5.10 Å². The molecule has 0 bridgehead atoms. The number of hydrogen-bond acceptors (Lipinski definition) is 2. The van der Waals surface area contributed by atoms with Gasteiger partial charge in [-0.15, -0.1) is 0 Å². The van der Waals surface area contributed by atoms with Crippen molar-refractivity contribution in [1.29, 1.82) is 0 Å². The van der Waals surface area contributed by atoms with Crippen molar-refractivity contribution in [3.8, 4) is 5.69 Å². The van der Waals surface area contributed by atoms with Gasteiger partial charge in [0.05, 0.1) is 22.1 Å². The van der Waals surface area contributed by atoms with Gasteiger partial charge in [0.15, 0.2) is 0 Å². The molecule has 1 aromatic heterocycles. The summed E-state index contributed by atoms with van der Waals surface area (Å²) in [6.45, 7) is 8.03. The highest BCUT2D eigenvalue weighted by molar-refractivity contribution is 6.31. The number of benzene rings is 1. The van der Waals surface area contributed by atoms with Gasteiger partial charge in [-0.25, -0.2) is 4.68 Å². The van der Waals surface area contributed by atoms with E-state index in [0.717, 1.165) is 28.5 Å². The summed E-state index contributed by atoms with van der Waals surface area (Å²) in [5.41, 5.74) is 11.2. The summed E-state index contributed by atoms with van der Waals surface area (Å²) < 4.78 is 1.89. The summed E-state index contributed by atoms with van der Waals surface area (Å²) in [5.74, 6) is 0. The van der Waals surface area contributed by atoms with Crippen molar-refractivity contribution in [2.75, 3.05) is 0 Å². The molecule has 0 saturated carbocycles. The second kappa shape index (κ2) is 5.35. The first-order chi connectivity index (χ1) is 8.90. The molecule has 1 heterocycles. The van der Waals surface area contributed by atoms with E-state index in [2.05, 4.69) is 30.2 Å². The normalized spacial score (nSPS) is 12.7. The largest absolute Gasteiger partial charge is 0.328 e. The van der Waals surface area contributed by atoms with E-state index in [1.165, 1.54) is 11.1 Å². The topological polar surface area (TPSA) is 43.8 Å². The lowest BCUT2D eigenvalue weighted by molar-refractivity contribution is 0.733. The molecule has 0 aliphatic heterocycles. The molecule has 2 N–H and O–H groups in total. The monoisotopic (exact) mass is 277 g/mol. The minimum Gasteiger partial charge on any atom is -0.328 e. The SMILES string of the molecule is Cc1cc(-n2nc(C)c(Cl)c2C)ccc1CC(C)N. The second-order valence-corrected chi connectivity index (χ2v) is 5.57. The molecule has 1 aromatic carbocycles. The first-order valence-electron chi connectivity index (χ1n) is 6.47. The third-order valence-corrected chi connectivity index (χ3v) is 3.86. The van der Waals surface area contributed by atoms with E-state index in [0.29, 0.717) is 0 Å². The van der Waals surface area contributed by atoms with Crippen LogP contribution in [0, 0.1) is 20.8 Å². The molecule has 0 aliphatic rings. The van der Waals surface area contributed by atoms with Gasteiger partial charge < -0.3 is 5.73 Å². The Kier molecular flexibility index (Phi) is 3.97. The molecule has 2 aromatic rings. The summed E-state index contributed by atoms with van der Waals surface area (Å²) in [6, 6.07) is 6.50. The van der Waals surface area contributed by atoms with Crippen LogP contribution in [-0.4, -0.2) is 15.8 Å². The van der Waals surface area contributed by atoms with Crippen molar-refractivity contribution in [3.05, 3.63) is 45.7 Å². The Morgan fingerprint density at radius 1 is 1.32 bits per heavy atom. The zero-order chi connectivity index (χ0) is 14.2. The van der Waals surface area contributed by atoms with Crippen LogP contribution >= 0.6 is 11.6 Å². The maximum Gasteiger partial charge on any atom is 0.0848 e. The quantitative estimate of drug-likeness (QED) is 0.935. The number of aromatic nitrogens is 2. The van der Waals surface area contributed by atoms with Gasteiger partial charge in [-0.3, -0.25) is 0 Å². The fourth-order valence-corrected chi connectivity index (χ4v) is 2.38. The van der Waals surface area contributed by atoms with Crippen LogP contribution in [0.1, 0.15) is 29.4 Å². The zero-order valence-electron chi connectivity index (χ0n) is 11.9.